The second-order valence-electron chi connectivity index (χ2n) is 4.65. The summed E-state index contributed by atoms with van der Waals surface area (Å²) in [7, 11) is 1.83. The molecule has 1 aliphatic carbocycles. The summed E-state index contributed by atoms with van der Waals surface area (Å²) in [6.45, 7) is 6.86. The van der Waals surface area contributed by atoms with Gasteiger partial charge in [-0.15, -0.1) is 0 Å². The van der Waals surface area contributed by atoms with Crippen molar-refractivity contribution in [2.24, 2.45) is 5.92 Å². The van der Waals surface area contributed by atoms with E-state index in [0.29, 0.717) is 18.2 Å². The first-order valence-electron chi connectivity index (χ1n) is 5.97. The Bertz CT molecular complexity index is 160. The molecule has 0 spiro atoms. The lowest BCUT2D eigenvalue weighted by Crippen LogP contribution is -2.44. The van der Waals surface area contributed by atoms with E-state index in [-0.39, 0.29) is 0 Å². The molecule has 4 atom stereocenters. The van der Waals surface area contributed by atoms with Crippen molar-refractivity contribution in [2.45, 2.75) is 64.6 Å². The largest absolute Gasteiger partial charge is 0.380 e. The van der Waals surface area contributed by atoms with Crippen LogP contribution in [0.25, 0.3) is 0 Å². The summed E-state index contributed by atoms with van der Waals surface area (Å²) in [6, 6.07) is 1.20. The van der Waals surface area contributed by atoms with Crippen LogP contribution in [0.2, 0.25) is 0 Å². The van der Waals surface area contributed by atoms with Gasteiger partial charge in [0.1, 0.15) is 0 Å². The summed E-state index contributed by atoms with van der Waals surface area (Å²) in [5, 5.41) is 3.71. The quantitative estimate of drug-likeness (QED) is 0.735. The van der Waals surface area contributed by atoms with E-state index < -0.39 is 0 Å². The highest BCUT2D eigenvalue weighted by molar-refractivity contribution is 4.86. The Morgan fingerprint density at radius 1 is 1.36 bits per heavy atom. The van der Waals surface area contributed by atoms with Crippen molar-refractivity contribution in [1.29, 1.82) is 0 Å². The molecule has 2 heteroatoms. The van der Waals surface area contributed by atoms with Crippen molar-refractivity contribution in [3.63, 3.8) is 0 Å². The molecule has 14 heavy (non-hydrogen) atoms. The van der Waals surface area contributed by atoms with Gasteiger partial charge in [-0.05, 0) is 32.1 Å². The average molecular weight is 199 g/mol. The van der Waals surface area contributed by atoms with E-state index in [2.05, 4.69) is 26.1 Å². The molecule has 1 rings (SSSR count). The second kappa shape index (κ2) is 5.72. The van der Waals surface area contributed by atoms with Crippen molar-refractivity contribution >= 4 is 0 Å². The normalized spacial score (nSPS) is 31.7. The van der Waals surface area contributed by atoms with Gasteiger partial charge in [0.25, 0.3) is 0 Å². The van der Waals surface area contributed by atoms with Gasteiger partial charge in [0, 0.05) is 19.2 Å². The molecule has 1 N–H and O–H groups in total. The molecule has 0 amide bonds. The van der Waals surface area contributed by atoms with Gasteiger partial charge in [-0.25, -0.2) is 0 Å². The predicted molar refractivity (Wildman–Crippen MR) is 60.5 cm³/mol. The minimum Gasteiger partial charge on any atom is -0.380 e. The lowest BCUT2D eigenvalue weighted by molar-refractivity contribution is 0.0792. The van der Waals surface area contributed by atoms with Crippen LogP contribution in [0.15, 0.2) is 0 Å². The van der Waals surface area contributed by atoms with Crippen LogP contribution in [0.3, 0.4) is 0 Å². The molecule has 84 valence electrons. The van der Waals surface area contributed by atoms with Crippen LogP contribution in [0, 0.1) is 5.92 Å². The summed E-state index contributed by atoms with van der Waals surface area (Å²) >= 11 is 0. The van der Waals surface area contributed by atoms with E-state index in [1.54, 1.807) is 0 Å². The van der Waals surface area contributed by atoms with Gasteiger partial charge in [-0.1, -0.05) is 20.3 Å². The van der Waals surface area contributed by atoms with Gasteiger partial charge < -0.3 is 10.1 Å². The van der Waals surface area contributed by atoms with E-state index in [0.717, 1.165) is 5.92 Å². The maximum Gasteiger partial charge on any atom is 0.0724 e. The molecule has 0 radical (unpaired) electrons. The van der Waals surface area contributed by atoms with Crippen LogP contribution in [0.4, 0.5) is 0 Å². The summed E-state index contributed by atoms with van der Waals surface area (Å²) < 4.78 is 5.48. The molecule has 1 aliphatic rings. The fourth-order valence-corrected chi connectivity index (χ4v) is 2.25. The Labute approximate surface area is 88.4 Å². The molecule has 1 saturated carbocycles. The second-order valence-corrected chi connectivity index (χ2v) is 4.65. The molecule has 0 saturated heterocycles. The molecular formula is C12H25NO. The molecule has 0 aliphatic heterocycles. The van der Waals surface area contributed by atoms with E-state index in [4.69, 9.17) is 4.74 Å². The van der Waals surface area contributed by atoms with Gasteiger partial charge in [0.2, 0.25) is 0 Å². The fourth-order valence-electron chi connectivity index (χ4n) is 2.25. The Balaban J connectivity index is 2.35. The number of hydrogen-bond acceptors (Lipinski definition) is 2. The van der Waals surface area contributed by atoms with Gasteiger partial charge in [0.15, 0.2) is 0 Å². The van der Waals surface area contributed by atoms with E-state index in [1.165, 1.54) is 25.7 Å². The summed E-state index contributed by atoms with van der Waals surface area (Å²) in [5.41, 5.74) is 0. The van der Waals surface area contributed by atoms with Gasteiger partial charge >= 0.3 is 0 Å². The predicted octanol–water partition coefficient (Wildman–Crippen LogP) is 2.58. The number of nitrogens with one attached hydrogen (secondary N) is 1. The molecule has 0 aromatic rings. The minimum atomic E-state index is 0.446. The van der Waals surface area contributed by atoms with E-state index in [9.17, 15) is 0 Å². The van der Waals surface area contributed by atoms with Crippen LogP contribution in [0.1, 0.15) is 46.5 Å². The first-order valence-corrected chi connectivity index (χ1v) is 5.97. The van der Waals surface area contributed by atoms with Crippen molar-refractivity contribution in [3.8, 4) is 0 Å². The number of hydrogen-bond donors (Lipinski definition) is 1. The fraction of sp³-hybridized carbons (Fsp3) is 1.00. The maximum atomic E-state index is 5.48. The van der Waals surface area contributed by atoms with Gasteiger partial charge in [-0.2, -0.15) is 0 Å². The van der Waals surface area contributed by atoms with Crippen molar-refractivity contribution in [2.75, 3.05) is 7.11 Å². The molecule has 0 aromatic heterocycles. The zero-order valence-electron chi connectivity index (χ0n) is 10.0. The van der Waals surface area contributed by atoms with Crippen LogP contribution >= 0.6 is 0 Å². The summed E-state index contributed by atoms with van der Waals surface area (Å²) in [5.74, 6) is 0.758. The van der Waals surface area contributed by atoms with Crippen molar-refractivity contribution in [1.82, 2.24) is 5.32 Å². The highest BCUT2D eigenvalue weighted by atomic mass is 16.5. The molecule has 0 aromatic carbocycles. The molecule has 4 unspecified atom stereocenters. The highest BCUT2D eigenvalue weighted by Crippen LogP contribution is 2.23. The Hall–Kier alpha value is -0.0800. The van der Waals surface area contributed by atoms with Crippen molar-refractivity contribution in [3.05, 3.63) is 0 Å². The highest BCUT2D eigenvalue weighted by Gasteiger charge is 2.28. The molecule has 1 fully saturated rings. The van der Waals surface area contributed by atoms with Crippen LogP contribution < -0.4 is 5.32 Å². The third kappa shape index (κ3) is 2.96. The topological polar surface area (TPSA) is 21.3 Å². The lowest BCUT2D eigenvalue weighted by atomic mass is 9.99. The molecular weight excluding hydrogens is 174 g/mol. The summed E-state index contributed by atoms with van der Waals surface area (Å²) in [6.07, 6.45) is 5.50. The first-order chi connectivity index (χ1) is 6.69. The Kier molecular flexibility index (Phi) is 4.90. The standard InChI is InChI=1S/C12H25NO/c1-5-9(2)10(3)13-11-7-6-8-12(11)14-4/h9-13H,5-8H2,1-4H3. The number of ether oxygens (including phenoxy) is 1. The third-order valence-corrected chi connectivity index (χ3v) is 3.73. The smallest absolute Gasteiger partial charge is 0.0724 e. The SMILES string of the molecule is CCC(C)C(C)NC1CCCC1OC. The summed E-state index contributed by atoms with van der Waals surface area (Å²) in [4.78, 5) is 0. The lowest BCUT2D eigenvalue weighted by Gasteiger charge is -2.27. The van der Waals surface area contributed by atoms with Crippen LogP contribution in [-0.2, 0) is 4.74 Å². The monoisotopic (exact) mass is 199 g/mol. The first kappa shape index (κ1) is 12.0. The Morgan fingerprint density at radius 3 is 2.64 bits per heavy atom. The number of methoxy groups -OCH3 is 1. The average Bonchev–Trinajstić information content (AvgIpc) is 2.63. The zero-order valence-corrected chi connectivity index (χ0v) is 10.0. The molecule has 2 nitrogen and oxygen atoms in total. The third-order valence-electron chi connectivity index (χ3n) is 3.73. The van der Waals surface area contributed by atoms with Crippen LogP contribution in [-0.4, -0.2) is 25.3 Å². The maximum absolute atomic E-state index is 5.48. The molecule has 0 heterocycles. The number of rotatable bonds is 5. The minimum absolute atomic E-state index is 0.446. The van der Waals surface area contributed by atoms with Crippen LogP contribution in [0.5, 0.6) is 0 Å². The van der Waals surface area contributed by atoms with Gasteiger partial charge in [-0.3, -0.25) is 0 Å². The van der Waals surface area contributed by atoms with Crippen molar-refractivity contribution < 1.29 is 4.74 Å². The van der Waals surface area contributed by atoms with E-state index in [1.807, 2.05) is 7.11 Å². The van der Waals surface area contributed by atoms with Gasteiger partial charge in [0.05, 0.1) is 6.10 Å². The Morgan fingerprint density at radius 2 is 2.07 bits per heavy atom. The molecule has 0 bridgehead atoms. The van der Waals surface area contributed by atoms with E-state index >= 15 is 0 Å². The zero-order chi connectivity index (χ0) is 10.6.